The molecule has 1 unspecified atom stereocenters. The van der Waals surface area contributed by atoms with E-state index in [4.69, 9.17) is 0 Å². The molecule has 0 aliphatic rings. The summed E-state index contributed by atoms with van der Waals surface area (Å²) < 4.78 is 2.02. The van der Waals surface area contributed by atoms with Crippen molar-refractivity contribution in [1.82, 2.24) is 20.1 Å². The Hall–Kier alpha value is -1.68. The summed E-state index contributed by atoms with van der Waals surface area (Å²) in [6.45, 7) is 9.57. The molecule has 0 bridgehead atoms. The summed E-state index contributed by atoms with van der Waals surface area (Å²) in [5, 5.41) is 7.91. The molecule has 1 atom stereocenters. The molecular formula is C17H26N4. The summed E-state index contributed by atoms with van der Waals surface area (Å²) in [6.07, 6.45) is 3.58. The summed E-state index contributed by atoms with van der Waals surface area (Å²) in [5.74, 6) is 1.06. The Bertz CT molecular complexity index is 559. The molecule has 21 heavy (non-hydrogen) atoms. The van der Waals surface area contributed by atoms with Crippen LogP contribution in [0.5, 0.6) is 0 Å². The lowest BCUT2D eigenvalue weighted by molar-refractivity contribution is 0.458. The molecule has 0 saturated carbocycles. The van der Waals surface area contributed by atoms with E-state index in [1.807, 2.05) is 4.68 Å². The topological polar surface area (TPSA) is 42.7 Å². The Labute approximate surface area is 127 Å². The Morgan fingerprint density at radius 3 is 2.62 bits per heavy atom. The molecule has 0 aliphatic heterocycles. The van der Waals surface area contributed by atoms with Gasteiger partial charge in [-0.05, 0) is 44.9 Å². The third-order valence-corrected chi connectivity index (χ3v) is 3.79. The molecule has 4 nitrogen and oxygen atoms in total. The van der Waals surface area contributed by atoms with Crippen molar-refractivity contribution in [2.75, 3.05) is 6.54 Å². The van der Waals surface area contributed by atoms with E-state index in [-0.39, 0.29) is 0 Å². The van der Waals surface area contributed by atoms with E-state index in [9.17, 15) is 0 Å². The van der Waals surface area contributed by atoms with Gasteiger partial charge in [0.05, 0.1) is 0 Å². The first-order valence-electron chi connectivity index (χ1n) is 7.78. The van der Waals surface area contributed by atoms with Gasteiger partial charge in [-0.25, -0.2) is 9.67 Å². The number of hydrogen-bond acceptors (Lipinski definition) is 3. The maximum Gasteiger partial charge on any atom is 0.138 e. The van der Waals surface area contributed by atoms with Crippen molar-refractivity contribution in [3.8, 4) is 0 Å². The van der Waals surface area contributed by atoms with E-state index in [1.54, 1.807) is 6.33 Å². The fourth-order valence-corrected chi connectivity index (χ4v) is 2.68. The molecule has 0 aliphatic carbocycles. The lowest BCUT2D eigenvalue weighted by Crippen LogP contribution is -2.34. The highest BCUT2D eigenvalue weighted by Gasteiger charge is 2.15. The number of benzene rings is 1. The van der Waals surface area contributed by atoms with E-state index >= 15 is 0 Å². The second-order valence-electron chi connectivity index (χ2n) is 5.80. The third kappa shape index (κ3) is 4.14. The van der Waals surface area contributed by atoms with Crippen LogP contribution in [0.2, 0.25) is 0 Å². The molecule has 0 fully saturated rings. The van der Waals surface area contributed by atoms with Crippen molar-refractivity contribution in [3.63, 3.8) is 0 Å². The smallest absolute Gasteiger partial charge is 0.138 e. The van der Waals surface area contributed by atoms with Crippen LogP contribution in [0, 0.1) is 6.92 Å². The standard InChI is InChI=1S/C17H26N4/c1-5-18-16(10-15-9-7-6-8-14(15)4)11-17-19-12-20-21(17)13(2)3/h6-9,12-13,16,18H,5,10-11H2,1-4H3. The van der Waals surface area contributed by atoms with Crippen LogP contribution < -0.4 is 5.32 Å². The summed E-state index contributed by atoms with van der Waals surface area (Å²) in [6, 6.07) is 9.33. The lowest BCUT2D eigenvalue weighted by Gasteiger charge is -2.20. The molecule has 1 heterocycles. The average molecular weight is 286 g/mol. The molecule has 1 N–H and O–H groups in total. The SMILES string of the molecule is CCNC(Cc1ccccc1C)Cc1ncnn1C(C)C. The molecule has 2 aromatic rings. The average Bonchev–Trinajstić information content (AvgIpc) is 2.90. The number of nitrogens with one attached hydrogen (secondary N) is 1. The van der Waals surface area contributed by atoms with Crippen LogP contribution in [0.3, 0.4) is 0 Å². The molecule has 0 saturated heterocycles. The van der Waals surface area contributed by atoms with Gasteiger partial charge in [-0.3, -0.25) is 0 Å². The van der Waals surface area contributed by atoms with E-state index in [0.717, 1.165) is 25.2 Å². The van der Waals surface area contributed by atoms with Crippen molar-refractivity contribution < 1.29 is 0 Å². The van der Waals surface area contributed by atoms with Gasteiger partial charge in [0.1, 0.15) is 12.2 Å². The van der Waals surface area contributed by atoms with Gasteiger partial charge in [0.2, 0.25) is 0 Å². The van der Waals surface area contributed by atoms with Crippen LogP contribution in [0.1, 0.15) is 43.8 Å². The Morgan fingerprint density at radius 1 is 1.19 bits per heavy atom. The predicted molar refractivity (Wildman–Crippen MR) is 86.5 cm³/mol. The van der Waals surface area contributed by atoms with Gasteiger partial charge in [0.15, 0.2) is 0 Å². The first-order valence-corrected chi connectivity index (χ1v) is 7.78. The van der Waals surface area contributed by atoms with Gasteiger partial charge in [0, 0.05) is 18.5 Å². The second-order valence-corrected chi connectivity index (χ2v) is 5.80. The Morgan fingerprint density at radius 2 is 1.95 bits per heavy atom. The Balaban J connectivity index is 2.12. The van der Waals surface area contributed by atoms with Crippen LogP contribution in [0.15, 0.2) is 30.6 Å². The number of nitrogens with zero attached hydrogens (tertiary/aromatic N) is 3. The van der Waals surface area contributed by atoms with Gasteiger partial charge < -0.3 is 5.32 Å². The van der Waals surface area contributed by atoms with Crippen molar-refractivity contribution in [2.45, 2.75) is 52.6 Å². The fourth-order valence-electron chi connectivity index (χ4n) is 2.68. The molecule has 2 rings (SSSR count). The second kappa shape index (κ2) is 7.36. The molecule has 1 aromatic heterocycles. The van der Waals surface area contributed by atoms with E-state index in [2.05, 4.69) is 67.4 Å². The minimum Gasteiger partial charge on any atom is -0.313 e. The van der Waals surface area contributed by atoms with Crippen LogP contribution >= 0.6 is 0 Å². The van der Waals surface area contributed by atoms with Crippen molar-refractivity contribution >= 4 is 0 Å². The van der Waals surface area contributed by atoms with E-state index < -0.39 is 0 Å². The fraction of sp³-hybridized carbons (Fsp3) is 0.529. The van der Waals surface area contributed by atoms with Crippen LogP contribution in [-0.2, 0) is 12.8 Å². The number of likely N-dealkylation sites (N-methyl/N-ethyl adjacent to an activating group) is 1. The Kier molecular flexibility index (Phi) is 5.51. The van der Waals surface area contributed by atoms with Crippen LogP contribution in [0.4, 0.5) is 0 Å². The summed E-state index contributed by atoms with van der Waals surface area (Å²) in [7, 11) is 0. The third-order valence-electron chi connectivity index (χ3n) is 3.79. The molecule has 114 valence electrons. The number of aryl methyl sites for hydroxylation is 1. The first-order chi connectivity index (χ1) is 10.1. The molecule has 0 spiro atoms. The minimum atomic E-state index is 0.350. The van der Waals surface area contributed by atoms with Gasteiger partial charge >= 0.3 is 0 Å². The van der Waals surface area contributed by atoms with Crippen molar-refractivity contribution in [2.24, 2.45) is 0 Å². The van der Waals surface area contributed by atoms with Gasteiger partial charge in [-0.2, -0.15) is 5.10 Å². The van der Waals surface area contributed by atoms with E-state index in [1.165, 1.54) is 11.1 Å². The highest BCUT2D eigenvalue weighted by molar-refractivity contribution is 5.26. The van der Waals surface area contributed by atoms with Gasteiger partial charge in [0.25, 0.3) is 0 Å². The van der Waals surface area contributed by atoms with Gasteiger partial charge in [-0.1, -0.05) is 31.2 Å². The molecule has 4 heteroatoms. The maximum absolute atomic E-state index is 4.44. The predicted octanol–water partition coefficient (Wildman–Crippen LogP) is 2.93. The van der Waals surface area contributed by atoms with Crippen molar-refractivity contribution in [1.29, 1.82) is 0 Å². The molecular weight excluding hydrogens is 260 g/mol. The lowest BCUT2D eigenvalue weighted by atomic mass is 9.99. The zero-order valence-electron chi connectivity index (χ0n) is 13.5. The maximum atomic E-state index is 4.44. The molecule has 1 aromatic carbocycles. The minimum absolute atomic E-state index is 0.350. The summed E-state index contributed by atoms with van der Waals surface area (Å²) >= 11 is 0. The van der Waals surface area contributed by atoms with Gasteiger partial charge in [-0.15, -0.1) is 0 Å². The monoisotopic (exact) mass is 286 g/mol. The summed E-state index contributed by atoms with van der Waals surface area (Å²) in [5.41, 5.74) is 2.75. The van der Waals surface area contributed by atoms with Crippen LogP contribution in [0.25, 0.3) is 0 Å². The van der Waals surface area contributed by atoms with Crippen molar-refractivity contribution in [3.05, 3.63) is 47.5 Å². The van der Waals surface area contributed by atoms with E-state index in [0.29, 0.717) is 12.1 Å². The normalized spacial score (nSPS) is 12.8. The quantitative estimate of drug-likeness (QED) is 0.851. The molecule has 0 radical (unpaired) electrons. The number of rotatable bonds is 7. The zero-order chi connectivity index (χ0) is 15.2. The summed E-state index contributed by atoms with van der Waals surface area (Å²) in [4.78, 5) is 4.44. The highest BCUT2D eigenvalue weighted by atomic mass is 15.3. The number of hydrogen-bond donors (Lipinski definition) is 1. The van der Waals surface area contributed by atoms with Crippen LogP contribution in [-0.4, -0.2) is 27.4 Å². The highest BCUT2D eigenvalue weighted by Crippen LogP contribution is 2.13. The molecule has 0 amide bonds. The largest absolute Gasteiger partial charge is 0.313 e. The first kappa shape index (κ1) is 15.7. The number of aromatic nitrogens is 3. The zero-order valence-corrected chi connectivity index (χ0v) is 13.5.